The lowest BCUT2D eigenvalue weighted by atomic mass is 9.94. The van der Waals surface area contributed by atoms with E-state index in [-0.39, 0.29) is 0 Å². The zero-order valence-corrected chi connectivity index (χ0v) is 29.3. The summed E-state index contributed by atoms with van der Waals surface area (Å²) >= 11 is 0. The minimum atomic E-state index is 1.09. The lowest BCUT2D eigenvalue weighted by Gasteiger charge is -2.29. The molecule has 53 heavy (non-hydrogen) atoms. The average molecular weight is 676 g/mol. The fraction of sp³-hybridized carbons (Fsp3) is 0. The first-order chi connectivity index (χ1) is 26.3. The maximum absolute atomic E-state index is 2.41. The molecule has 0 saturated heterocycles. The van der Waals surface area contributed by atoms with E-state index in [0.29, 0.717) is 0 Å². The van der Waals surface area contributed by atoms with Gasteiger partial charge in [-0.2, -0.15) is 0 Å². The Morgan fingerprint density at radius 3 is 1.17 bits per heavy atom. The Morgan fingerprint density at radius 1 is 0.245 bits per heavy atom. The molecule has 0 unspecified atom stereocenters. The Bertz CT molecular complexity index is 2600. The molecule has 0 saturated carbocycles. The van der Waals surface area contributed by atoms with Crippen molar-refractivity contribution in [2.24, 2.45) is 0 Å². The van der Waals surface area contributed by atoms with Gasteiger partial charge in [-0.15, -0.1) is 0 Å². The van der Waals surface area contributed by atoms with Crippen molar-refractivity contribution in [1.82, 2.24) is 0 Å². The number of anilines is 3. The topological polar surface area (TPSA) is 3.24 Å². The Hall–Kier alpha value is -6.96. The molecule has 0 atom stereocenters. The van der Waals surface area contributed by atoms with Crippen molar-refractivity contribution in [3.8, 4) is 55.6 Å². The monoisotopic (exact) mass is 675 g/mol. The highest BCUT2D eigenvalue weighted by atomic mass is 15.1. The summed E-state index contributed by atoms with van der Waals surface area (Å²) < 4.78 is 0. The van der Waals surface area contributed by atoms with E-state index in [4.69, 9.17) is 0 Å². The first-order valence-electron chi connectivity index (χ1n) is 18.2. The van der Waals surface area contributed by atoms with Gasteiger partial charge >= 0.3 is 0 Å². The van der Waals surface area contributed by atoms with E-state index in [1.54, 1.807) is 0 Å². The Kier molecular flexibility index (Phi) is 8.66. The molecule has 0 amide bonds. The van der Waals surface area contributed by atoms with Crippen LogP contribution in [-0.2, 0) is 0 Å². The number of hydrogen-bond acceptors (Lipinski definition) is 1. The lowest BCUT2D eigenvalue weighted by molar-refractivity contribution is 1.28. The second-order valence-electron chi connectivity index (χ2n) is 13.4. The molecule has 0 bridgehead atoms. The van der Waals surface area contributed by atoms with Crippen molar-refractivity contribution in [2.75, 3.05) is 4.90 Å². The van der Waals surface area contributed by atoms with E-state index >= 15 is 0 Å². The molecule has 9 aromatic carbocycles. The third-order valence-electron chi connectivity index (χ3n) is 10.1. The summed E-state index contributed by atoms with van der Waals surface area (Å²) in [4.78, 5) is 2.41. The molecule has 0 radical (unpaired) electrons. The highest BCUT2D eigenvalue weighted by Gasteiger charge is 2.19. The van der Waals surface area contributed by atoms with Crippen LogP contribution < -0.4 is 4.90 Å². The first kappa shape index (κ1) is 32.0. The maximum atomic E-state index is 2.41. The van der Waals surface area contributed by atoms with Gasteiger partial charge in [-0.3, -0.25) is 0 Å². The molecule has 0 aliphatic rings. The molecule has 250 valence electrons. The van der Waals surface area contributed by atoms with E-state index in [1.807, 2.05) is 0 Å². The zero-order chi connectivity index (χ0) is 35.4. The number of nitrogens with zero attached hydrogens (tertiary/aromatic N) is 1. The molecule has 0 heterocycles. The maximum Gasteiger partial charge on any atom is 0.0546 e. The molecule has 1 nitrogen and oxygen atoms in total. The third kappa shape index (κ3) is 6.53. The lowest BCUT2D eigenvalue weighted by Crippen LogP contribution is -2.11. The molecule has 1 heteroatoms. The second-order valence-corrected chi connectivity index (χ2v) is 13.4. The van der Waals surface area contributed by atoms with Crippen molar-refractivity contribution in [2.45, 2.75) is 0 Å². The highest BCUT2D eigenvalue weighted by molar-refractivity contribution is 5.99. The van der Waals surface area contributed by atoms with Crippen LogP contribution in [0.15, 0.2) is 224 Å². The summed E-state index contributed by atoms with van der Waals surface area (Å²) in [5.74, 6) is 0. The van der Waals surface area contributed by atoms with Gasteiger partial charge in [0.2, 0.25) is 0 Å². The van der Waals surface area contributed by atoms with Crippen LogP contribution in [0.5, 0.6) is 0 Å². The predicted molar refractivity (Wildman–Crippen MR) is 226 cm³/mol. The SMILES string of the molecule is c1ccc(-c2ccc(-c3ccc(N(c4ccc(-c5ccccc5)cc4)c4cc(-c5cccc6ccccc56)ccc4-c4ccccc4)cc3)cc2)cc1. The summed E-state index contributed by atoms with van der Waals surface area (Å²) in [5, 5.41) is 2.48. The van der Waals surface area contributed by atoms with Crippen molar-refractivity contribution < 1.29 is 0 Å². The van der Waals surface area contributed by atoms with E-state index in [1.165, 1.54) is 66.4 Å². The summed E-state index contributed by atoms with van der Waals surface area (Å²) in [5.41, 5.74) is 15.3. The van der Waals surface area contributed by atoms with E-state index in [9.17, 15) is 0 Å². The minimum Gasteiger partial charge on any atom is -0.310 e. The van der Waals surface area contributed by atoms with Crippen LogP contribution in [0.3, 0.4) is 0 Å². The van der Waals surface area contributed by atoms with Crippen molar-refractivity contribution >= 4 is 27.8 Å². The summed E-state index contributed by atoms with van der Waals surface area (Å²) in [6, 6.07) is 80.8. The molecule has 0 aliphatic heterocycles. The molecule has 9 rings (SSSR count). The largest absolute Gasteiger partial charge is 0.310 e. The quantitative estimate of drug-likeness (QED) is 0.155. The van der Waals surface area contributed by atoms with E-state index < -0.39 is 0 Å². The van der Waals surface area contributed by atoms with Gasteiger partial charge in [0.05, 0.1) is 5.69 Å². The predicted octanol–water partition coefficient (Wildman–Crippen LogP) is 14.6. The molecule has 0 N–H and O–H groups in total. The first-order valence-corrected chi connectivity index (χ1v) is 18.2. The number of fused-ring (bicyclic) bond motifs is 1. The van der Waals surface area contributed by atoms with Crippen LogP contribution in [0.25, 0.3) is 66.4 Å². The highest BCUT2D eigenvalue weighted by Crippen LogP contribution is 2.44. The molecule has 0 spiro atoms. The number of rotatable bonds is 8. The third-order valence-corrected chi connectivity index (χ3v) is 10.1. The Morgan fingerprint density at radius 2 is 0.642 bits per heavy atom. The molecular formula is C52H37N. The van der Waals surface area contributed by atoms with Crippen molar-refractivity contribution in [1.29, 1.82) is 0 Å². The van der Waals surface area contributed by atoms with Gasteiger partial charge in [-0.05, 0) is 91.2 Å². The van der Waals surface area contributed by atoms with Crippen LogP contribution in [0.1, 0.15) is 0 Å². The standard InChI is InChI=1S/C52H37N/c1-4-13-38(14-5-1)40-23-25-41(26-24-40)43-29-34-48(35-30-43)53(47-32-27-42(28-33-47)39-15-6-2-7-16-39)52-37-46(31-36-51(52)45-17-8-3-9-18-45)50-22-12-20-44-19-10-11-21-49(44)50/h1-37H. The molecular weight excluding hydrogens is 639 g/mol. The molecule has 0 aromatic heterocycles. The van der Waals surface area contributed by atoms with Gasteiger partial charge in [0.1, 0.15) is 0 Å². The van der Waals surface area contributed by atoms with Gasteiger partial charge in [0.25, 0.3) is 0 Å². The molecule has 9 aromatic rings. The van der Waals surface area contributed by atoms with E-state index in [0.717, 1.165) is 17.1 Å². The van der Waals surface area contributed by atoms with Crippen molar-refractivity contribution in [3.05, 3.63) is 224 Å². The van der Waals surface area contributed by atoms with Gasteiger partial charge in [-0.1, -0.05) is 194 Å². The van der Waals surface area contributed by atoms with Crippen molar-refractivity contribution in [3.63, 3.8) is 0 Å². The fourth-order valence-corrected chi connectivity index (χ4v) is 7.37. The van der Waals surface area contributed by atoms with Crippen LogP contribution in [0.4, 0.5) is 17.1 Å². The number of hydrogen-bond donors (Lipinski definition) is 0. The van der Waals surface area contributed by atoms with Gasteiger partial charge in [0, 0.05) is 16.9 Å². The summed E-state index contributed by atoms with van der Waals surface area (Å²) in [7, 11) is 0. The van der Waals surface area contributed by atoms with Crippen LogP contribution in [0, 0.1) is 0 Å². The van der Waals surface area contributed by atoms with Gasteiger partial charge in [0.15, 0.2) is 0 Å². The number of benzene rings is 9. The van der Waals surface area contributed by atoms with Gasteiger partial charge < -0.3 is 4.90 Å². The molecule has 0 fully saturated rings. The molecule has 0 aliphatic carbocycles. The van der Waals surface area contributed by atoms with Gasteiger partial charge in [-0.25, -0.2) is 0 Å². The van der Waals surface area contributed by atoms with E-state index in [2.05, 4.69) is 229 Å². The van der Waals surface area contributed by atoms with Crippen LogP contribution in [-0.4, -0.2) is 0 Å². The van der Waals surface area contributed by atoms with Crippen LogP contribution in [0.2, 0.25) is 0 Å². The smallest absolute Gasteiger partial charge is 0.0546 e. The zero-order valence-electron chi connectivity index (χ0n) is 29.3. The van der Waals surface area contributed by atoms with Crippen LogP contribution >= 0.6 is 0 Å². The Labute approximate surface area is 311 Å². The summed E-state index contributed by atoms with van der Waals surface area (Å²) in [6.07, 6.45) is 0. The fourth-order valence-electron chi connectivity index (χ4n) is 7.37. The normalized spacial score (nSPS) is 11.0. The Balaban J connectivity index is 1.19. The minimum absolute atomic E-state index is 1.09. The second kappa shape index (κ2) is 14.3. The summed E-state index contributed by atoms with van der Waals surface area (Å²) in [6.45, 7) is 0. The average Bonchev–Trinajstić information content (AvgIpc) is 3.25.